The maximum atomic E-state index is 12.5. The van der Waals surface area contributed by atoms with Gasteiger partial charge in [-0.2, -0.15) is 19.7 Å². The van der Waals surface area contributed by atoms with Crippen molar-refractivity contribution in [1.29, 1.82) is 0 Å². The Morgan fingerprint density at radius 2 is 1.96 bits per heavy atom. The predicted molar refractivity (Wildman–Crippen MR) is 106 cm³/mol. The Morgan fingerprint density at radius 3 is 2.82 bits per heavy atom. The van der Waals surface area contributed by atoms with Gasteiger partial charge in [-0.15, -0.1) is 0 Å². The average molecular weight is 379 g/mol. The fraction of sp³-hybridized carbons (Fsp3) is 0.550. The number of aromatic nitrogens is 6. The molecule has 4 heterocycles. The zero-order valence-corrected chi connectivity index (χ0v) is 16.2. The number of fused-ring (bicyclic) bond motifs is 2. The highest BCUT2D eigenvalue weighted by atomic mass is 16.1. The summed E-state index contributed by atoms with van der Waals surface area (Å²) < 4.78 is 3.51. The first-order chi connectivity index (χ1) is 13.7. The van der Waals surface area contributed by atoms with Crippen LogP contribution in [0.5, 0.6) is 0 Å². The monoisotopic (exact) mass is 379 g/mol. The number of hydrogen-bond donors (Lipinski definition) is 0. The minimum atomic E-state index is 0.0529. The van der Waals surface area contributed by atoms with Crippen molar-refractivity contribution in [2.45, 2.75) is 52.0 Å². The molecule has 1 aliphatic carbocycles. The highest BCUT2D eigenvalue weighted by Crippen LogP contribution is 2.25. The van der Waals surface area contributed by atoms with Crippen LogP contribution in [0.4, 0.5) is 5.82 Å². The third-order valence-electron chi connectivity index (χ3n) is 6.00. The predicted octanol–water partition coefficient (Wildman–Crippen LogP) is 1.78. The lowest BCUT2D eigenvalue weighted by atomic mass is 9.96. The molecule has 0 atom stereocenters. The number of aryl methyl sites for hydroxylation is 3. The molecule has 1 saturated heterocycles. The van der Waals surface area contributed by atoms with E-state index in [1.165, 1.54) is 12.8 Å². The molecule has 146 valence electrons. The molecule has 0 amide bonds. The lowest BCUT2D eigenvalue weighted by molar-refractivity contribution is 0.331. The van der Waals surface area contributed by atoms with Crippen LogP contribution in [0.25, 0.3) is 5.78 Å². The Hall–Kier alpha value is -2.77. The number of rotatable bonds is 3. The normalized spacial score (nSPS) is 17.8. The van der Waals surface area contributed by atoms with Crippen LogP contribution in [0, 0.1) is 12.8 Å². The Bertz CT molecular complexity index is 1060. The summed E-state index contributed by atoms with van der Waals surface area (Å²) >= 11 is 0. The molecule has 1 aliphatic heterocycles. The summed E-state index contributed by atoms with van der Waals surface area (Å²) in [5, 5.41) is 9.01. The van der Waals surface area contributed by atoms with E-state index in [2.05, 4.69) is 31.1 Å². The van der Waals surface area contributed by atoms with Gasteiger partial charge in [0.2, 0.25) is 0 Å². The maximum Gasteiger partial charge on any atom is 0.267 e. The molecule has 3 aromatic heterocycles. The van der Waals surface area contributed by atoms with Gasteiger partial charge in [-0.1, -0.05) is 0 Å². The molecule has 0 spiro atoms. The molecule has 2 aliphatic rings. The van der Waals surface area contributed by atoms with E-state index in [1.54, 1.807) is 11.0 Å². The van der Waals surface area contributed by atoms with Crippen molar-refractivity contribution in [2.75, 3.05) is 18.0 Å². The minimum absolute atomic E-state index is 0.0529. The van der Waals surface area contributed by atoms with Crippen LogP contribution in [0.3, 0.4) is 0 Å². The highest BCUT2D eigenvalue weighted by Gasteiger charge is 2.23. The third-order valence-corrected chi connectivity index (χ3v) is 6.00. The second-order valence-electron chi connectivity index (χ2n) is 8.00. The van der Waals surface area contributed by atoms with Crippen molar-refractivity contribution in [1.82, 2.24) is 29.4 Å². The van der Waals surface area contributed by atoms with Crippen LogP contribution < -0.4 is 10.5 Å². The van der Waals surface area contributed by atoms with Gasteiger partial charge in [0.1, 0.15) is 12.1 Å². The molecule has 0 N–H and O–H groups in total. The van der Waals surface area contributed by atoms with Gasteiger partial charge in [0.15, 0.2) is 0 Å². The van der Waals surface area contributed by atoms with Crippen LogP contribution >= 0.6 is 0 Å². The van der Waals surface area contributed by atoms with E-state index in [1.807, 2.05) is 17.5 Å². The Labute approximate surface area is 163 Å². The summed E-state index contributed by atoms with van der Waals surface area (Å²) in [6.07, 6.45) is 7.96. The number of nitrogens with zero attached hydrogens (tertiary/aromatic N) is 7. The Morgan fingerprint density at radius 1 is 1.14 bits per heavy atom. The molecule has 0 bridgehead atoms. The lowest BCUT2D eigenvalue weighted by Gasteiger charge is -2.33. The number of hydrogen-bond acceptors (Lipinski definition) is 6. The molecule has 0 unspecified atom stereocenters. The van der Waals surface area contributed by atoms with Crippen LogP contribution in [-0.2, 0) is 19.4 Å². The van der Waals surface area contributed by atoms with E-state index in [0.29, 0.717) is 18.2 Å². The quantitative estimate of drug-likeness (QED) is 0.690. The van der Waals surface area contributed by atoms with Crippen molar-refractivity contribution < 1.29 is 0 Å². The summed E-state index contributed by atoms with van der Waals surface area (Å²) in [6, 6.07) is 3.88. The van der Waals surface area contributed by atoms with Crippen molar-refractivity contribution >= 4 is 11.6 Å². The van der Waals surface area contributed by atoms with Gasteiger partial charge in [0.05, 0.1) is 5.69 Å². The fourth-order valence-electron chi connectivity index (χ4n) is 4.46. The second kappa shape index (κ2) is 7.00. The average Bonchev–Trinajstić information content (AvgIpc) is 3.17. The zero-order chi connectivity index (χ0) is 19.1. The molecule has 0 radical (unpaired) electrons. The molecule has 3 aromatic rings. The van der Waals surface area contributed by atoms with Crippen LogP contribution in [0.15, 0.2) is 23.3 Å². The van der Waals surface area contributed by atoms with E-state index in [-0.39, 0.29) is 5.56 Å². The molecule has 8 nitrogen and oxygen atoms in total. The summed E-state index contributed by atoms with van der Waals surface area (Å²) in [5.74, 6) is 2.15. The Balaban J connectivity index is 1.30. The molecular formula is C20H25N7O. The van der Waals surface area contributed by atoms with E-state index in [9.17, 15) is 4.79 Å². The summed E-state index contributed by atoms with van der Waals surface area (Å²) in [4.78, 5) is 23.5. The first-order valence-electron chi connectivity index (χ1n) is 10.2. The van der Waals surface area contributed by atoms with Gasteiger partial charge in [-0.3, -0.25) is 4.79 Å². The van der Waals surface area contributed by atoms with Gasteiger partial charge in [-0.25, -0.2) is 9.67 Å². The van der Waals surface area contributed by atoms with Crippen LogP contribution in [0.1, 0.15) is 42.6 Å². The highest BCUT2D eigenvalue weighted by molar-refractivity contribution is 5.47. The van der Waals surface area contributed by atoms with E-state index in [0.717, 1.165) is 61.5 Å². The van der Waals surface area contributed by atoms with Gasteiger partial charge in [0.25, 0.3) is 11.3 Å². The molecule has 0 saturated carbocycles. The van der Waals surface area contributed by atoms with Crippen LogP contribution in [-0.4, -0.2) is 42.5 Å². The summed E-state index contributed by atoms with van der Waals surface area (Å²) in [6.45, 7) is 4.57. The van der Waals surface area contributed by atoms with E-state index >= 15 is 0 Å². The van der Waals surface area contributed by atoms with Gasteiger partial charge >= 0.3 is 0 Å². The van der Waals surface area contributed by atoms with Gasteiger partial charge in [-0.05, 0) is 56.9 Å². The van der Waals surface area contributed by atoms with Crippen molar-refractivity contribution in [3.63, 3.8) is 0 Å². The molecule has 1 fully saturated rings. The molecule has 0 aromatic carbocycles. The van der Waals surface area contributed by atoms with E-state index in [4.69, 9.17) is 0 Å². The van der Waals surface area contributed by atoms with Crippen molar-refractivity contribution in [2.24, 2.45) is 5.92 Å². The van der Waals surface area contributed by atoms with Gasteiger partial charge < -0.3 is 4.90 Å². The summed E-state index contributed by atoms with van der Waals surface area (Å²) in [7, 11) is 0. The summed E-state index contributed by atoms with van der Waals surface area (Å²) in [5.41, 5.74) is 3.29. The second-order valence-corrected chi connectivity index (χ2v) is 8.00. The van der Waals surface area contributed by atoms with Crippen molar-refractivity contribution in [3.05, 3.63) is 45.8 Å². The molecule has 8 heteroatoms. The molecule has 5 rings (SSSR count). The Kier molecular flexibility index (Phi) is 4.33. The maximum absolute atomic E-state index is 12.5. The largest absolute Gasteiger partial charge is 0.356 e. The lowest BCUT2D eigenvalue weighted by Crippen LogP contribution is -2.38. The SMILES string of the molecule is Cc1cc(N2CCC(Cn3nc4c(cc3=O)CCCC4)CC2)n2ncnc2n1. The third kappa shape index (κ3) is 3.16. The first-order valence-corrected chi connectivity index (χ1v) is 10.2. The van der Waals surface area contributed by atoms with Crippen molar-refractivity contribution in [3.8, 4) is 0 Å². The van der Waals surface area contributed by atoms with E-state index < -0.39 is 0 Å². The molecule has 28 heavy (non-hydrogen) atoms. The number of piperidine rings is 1. The number of anilines is 1. The standard InChI is InChI=1S/C20H25N7O/c1-14-10-18(27-20(23-14)21-13-22-27)25-8-6-15(7-9-25)12-26-19(28)11-16-4-2-3-5-17(16)24-26/h10-11,13,15H,2-9,12H2,1H3. The smallest absolute Gasteiger partial charge is 0.267 e. The minimum Gasteiger partial charge on any atom is -0.356 e. The topological polar surface area (TPSA) is 81.2 Å². The van der Waals surface area contributed by atoms with Gasteiger partial charge in [0, 0.05) is 37.5 Å². The van der Waals surface area contributed by atoms with Crippen LogP contribution in [0.2, 0.25) is 0 Å². The molecular weight excluding hydrogens is 354 g/mol. The fourth-order valence-corrected chi connectivity index (χ4v) is 4.46. The zero-order valence-electron chi connectivity index (χ0n) is 16.2. The first kappa shape index (κ1) is 17.3.